The van der Waals surface area contributed by atoms with Crippen molar-refractivity contribution in [3.8, 4) is 0 Å². The summed E-state index contributed by atoms with van der Waals surface area (Å²) in [5.74, 6) is -0.638. The maximum atomic E-state index is 12.4. The summed E-state index contributed by atoms with van der Waals surface area (Å²) < 4.78 is 28.4. The van der Waals surface area contributed by atoms with Crippen LogP contribution in [0.5, 0.6) is 0 Å². The van der Waals surface area contributed by atoms with E-state index < -0.39 is 21.5 Å². The van der Waals surface area contributed by atoms with Crippen LogP contribution >= 0.6 is 0 Å². The van der Waals surface area contributed by atoms with Gasteiger partial charge in [0.1, 0.15) is 5.54 Å². The highest BCUT2D eigenvalue weighted by atomic mass is 32.2. The molecule has 1 aromatic rings. The summed E-state index contributed by atoms with van der Waals surface area (Å²) in [6.45, 7) is 2.07. The van der Waals surface area contributed by atoms with Crippen molar-refractivity contribution in [2.75, 3.05) is 0 Å². The SMILES string of the molecule is CCC1CCC(NS(=O)(=O)c2ccnn2C)(C(=O)O)CC1. The molecule has 7 nitrogen and oxygen atoms in total. The lowest BCUT2D eigenvalue weighted by Crippen LogP contribution is -2.56. The van der Waals surface area contributed by atoms with Gasteiger partial charge in [0, 0.05) is 7.05 Å². The number of carboxylic acids is 1. The first-order valence-corrected chi connectivity index (χ1v) is 8.54. The topological polar surface area (TPSA) is 101 Å². The van der Waals surface area contributed by atoms with Gasteiger partial charge in [0.25, 0.3) is 10.0 Å². The van der Waals surface area contributed by atoms with Gasteiger partial charge in [0.05, 0.1) is 6.20 Å². The van der Waals surface area contributed by atoms with Gasteiger partial charge >= 0.3 is 5.97 Å². The zero-order chi connectivity index (χ0) is 15.7. The molecule has 2 N–H and O–H groups in total. The number of aliphatic carboxylic acids is 1. The van der Waals surface area contributed by atoms with Crippen molar-refractivity contribution in [1.82, 2.24) is 14.5 Å². The third-order valence-corrected chi connectivity index (χ3v) is 5.94. The smallest absolute Gasteiger partial charge is 0.324 e. The minimum absolute atomic E-state index is 0.0271. The minimum atomic E-state index is -3.91. The summed E-state index contributed by atoms with van der Waals surface area (Å²) in [5, 5.41) is 13.3. The molecule has 0 spiro atoms. The molecule has 0 unspecified atom stereocenters. The van der Waals surface area contributed by atoms with E-state index in [9.17, 15) is 18.3 Å². The summed E-state index contributed by atoms with van der Waals surface area (Å²) in [6, 6.07) is 1.36. The molecule has 8 heteroatoms. The molecule has 2 rings (SSSR count). The van der Waals surface area contributed by atoms with E-state index >= 15 is 0 Å². The predicted octanol–water partition coefficient (Wildman–Crippen LogP) is 1.12. The first kappa shape index (κ1) is 16.0. The summed E-state index contributed by atoms with van der Waals surface area (Å²) in [5.41, 5.74) is -1.41. The fourth-order valence-electron chi connectivity index (χ4n) is 2.87. The fraction of sp³-hybridized carbons (Fsp3) is 0.692. The van der Waals surface area contributed by atoms with E-state index in [1.807, 2.05) is 0 Å². The zero-order valence-electron chi connectivity index (χ0n) is 12.2. The number of hydrogen-bond donors (Lipinski definition) is 2. The Morgan fingerprint density at radius 2 is 2.14 bits per heavy atom. The molecular weight excluding hydrogens is 294 g/mol. The molecule has 0 radical (unpaired) electrons. The second-order valence-electron chi connectivity index (χ2n) is 5.64. The van der Waals surface area contributed by atoms with Crippen molar-refractivity contribution in [2.24, 2.45) is 13.0 Å². The Bertz CT molecular complexity index is 615. The Kier molecular flexibility index (Phi) is 4.38. The van der Waals surface area contributed by atoms with Crippen LogP contribution in [0.2, 0.25) is 0 Å². The van der Waals surface area contributed by atoms with Gasteiger partial charge in [0.15, 0.2) is 5.03 Å². The number of sulfonamides is 1. The summed E-state index contributed by atoms with van der Waals surface area (Å²) >= 11 is 0. The number of hydrogen-bond acceptors (Lipinski definition) is 4. The summed E-state index contributed by atoms with van der Waals surface area (Å²) in [6.07, 6.45) is 4.43. The number of carboxylic acid groups (broad SMARTS) is 1. The molecule has 0 bridgehead atoms. The third-order valence-electron chi connectivity index (χ3n) is 4.33. The van der Waals surface area contributed by atoms with E-state index in [1.165, 1.54) is 24.0 Å². The quantitative estimate of drug-likeness (QED) is 0.848. The van der Waals surface area contributed by atoms with E-state index in [4.69, 9.17) is 0 Å². The second-order valence-corrected chi connectivity index (χ2v) is 7.27. The van der Waals surface area contributed by atoms with Crippen LogP contribution in [0.3, 0.4) is 0 Å². The van der Waals surface area contributed by atoms with Gasteiger partial charge < -0.3 is 5.11 Å². The molecule has 1 heterocycles. The number of rotatable bonds is 5. The number of aryl methyl sites for hydroxylation is 1. The number of aromatic nitrogens is 2. The lowest BCUT2D eigenvalue weighted by Gasteiger charge is -2.36. The van der Waals surface area contributed by atoms with Crippen LogP contribution in [0.25, 0.3) is 0 Å². The normalized spacial score (nSPS) is 26.7. The molecule has 0 aliphatic heterocycles. The van der Waals surface area contributed by atoms with E-state index in [1.54, 1.807) is 0 Å². The van der Waals surface area contributed by atoms with Crippen LogP contribution in [0, 0.1) is 5.92 Å². The molecule has 1 aliphatic carbocycles. The van der Waals surface area contributed by atoms with Gasteiger partial charge in [0.2, 0.25) is 0 Å². The molecule has 0 saturated heterocycles. The van der Waals surface area contributed by atoms with E-state index in [0.717, 1.165) is 19.3 Å². The maximum absolute atomic E-state index is 12.4. The van der Waals surface area contributed by atoms with Crippen LogP contribution in [-0.4, -0.2) is 34.8 Å². The number of nitrogens with zero attached hydrogens (tertiary/aromatic N) is 2. The van der Waals surface area contributed by atoms with Crippen molar-refractivity contribution < 1.29 is 18.3 Å². The first-order chi connectivity index (χ1) is 9.81. The molecular formula is C13H21N3O4S. The molecule has 118 valence electrons. The van der Waals surface area contributed by atoms with Gasteiger partial charge in [-0.1, -0.05) is 13.3 Å². The van der Waals surface area contributed by atoms with Crippen molar-refractivity contribution in [3.63, 3.8) is 0 Å². The molecule has 0 atom stereocenters. The van der Waals surface area contributed by atoms with Crippen molar-refractivity contribution in [2.45, 2.75) is 49.6 Å². The van der Waals surface area contributed by atoms with Crippen LogP contribution in [0.1, 0.15) is 39.0 Å². The average molecular weight is 315 g/mol. The molecule has 0 aromatic carbocycles. The van der Waals surface area contributed by atoms with Gasteiger partial charge in [-0.25, -0.2) is 8.42 Å². The highest BCUT2D eigenvalue weighted by Gasteiger charge is 2.45. The molecule has 1 fully saturated rings. The Morgan fingerprint density at radius 3 is 2.57 bits per heavy atom. The Balaban J connectivity index is 2.26. The average Bonchev–Trinajstić information content (AvgIpc) is 2.86. The van der Waals surface area contributed by atoms with Crippen LogP contribution in [0.15, 0.2) is 17.3 Å². The lowest BCUT2D eigenvalue weighted by molar-refractivity contribution is -0.145. The highest BCUT2D eigenvalue weighted by Crippen LogP contribution is 2.35. The molecule has 1 aromatic heterocycles. The highest BCUT2D eigenvalue weighted by molar-refractivity contribution is 7.89. The van der Waals surface area contributed by atoms with Gasteiger partial charge in [-0.3, -0.25) is 9.48 Å². The Hall–Kier alpha value is -1.41. The summed E-state index contributed by atoms with van der Waals surface area (Å²) in [7, 11) is -2.40. The molecule has 0 amide bonds. The molecule has 1 aliphatic rings. The van der Waals surface area contributed by atoms with Crippen LogP contribution in [0.4, 0.5) is 0 Å². The Morgan fingerprint density at radius 1 is 1.52 bits per heavy atom. The number of carbonyl (C=O) groups is 1. The van der Waals surface area contributed by atoms with Crippen LogP contribution < -0.4 is 4.72 Å². The molecule has 21 heavy (non-hydrogen) atoms. The lowest BCUT2D eigenvalue weighted by atomic mass is 9.76. The standard InChI is InChI=1S/C13H21N3O4S/c1-3-10-4-7-13(8-5-10,12(17)18)15-21(19,20)11-6-9-14-16(11)2/h6,9-10,15H,3-5,7-8H2,1-2H3,(H,17,18). The largest absolute Gasteiger partial charge is 0.480 e. The fourth-order valence-corrected chi connectivity index (χ4v) is 4.42. The second kappa shape index (κ2) is 5.76. The van der Waals surface area contributed by atoms with E-state index in [-0.39, 0.29) is 5.03 Å². The third kappa shape index (κ3) is 3.11. The van der Waals surface area contributed by atoms with Gasteiger partial charge in [-0.2, -0.15) is 9.82 Å². The van der Waals surface area contributed by atoms with Crippen molar-refractivity contribution in [1.29, 1.82) is 0 Å². The predicted molar refractivity (Wildman–Crippen MR) is 76.1 cm³/mol. The van der Waals surface area contributed by atoms with Gasteiger partial charge in [-0.15, -0.1) is 0 Å². The zero-order valence-corrected chi connectivity index (χ0v) is 13.1. The van der Waals surface area contributed by atoms with Crippen molar-refractivity contribution >= 4 is 16.0 Å². The minimum Gasteiger partial charge on any atom is -0.480 e. The summed E-state index contributed by atoms with van der Waals surface area (Å²) in [4.78, 5) is 11.7. The first-order valence-electron chi connectivity index (χ1n) is 7.06. The molecule has 1 saturated carbocycles. The maximum Gasteiger partial charge on any atom is 0.324 e. The van der Waals surface area contributed by atoms with E-state index in [2.05, 4.69) is 16.7 Å². The van der Waals surface area contributed by atoms with E-state index in [0.29, 0.717) is 18.8 Å². The van der Waals surface area contributed by atoms with Gasteiger partial charge in [-0.05, 0) is 37.7 Å². The van der Waals surface area contributed by atoms with Crippen LogP contribution in [-0.2, 0) is 21.9 Å². The van der Waals surface area contributed by atoms with Crippen molar-refractivity contribution in [3.05, 3.63) is 12.3 Å². The number of nitrogens with one attached hydrogen (secondary N) is 1. The Labute approximate surface area is 124 Å². The monoisotopic (exact) mass is 315 g/mol.